The van der Waals surface area contributed by atoms with E-state index in [9.17, 15) is 4.79 Å². The maximum absolute atomic E-state index is 12.4. The van der Waals surface area contributed by atoms with Crippen molar-refractivity contribution in [2.24, 2.45) is 5.92 Å². The number of benzene rings is 1. The highest BCUT2D eigenvalue weighted by Gasteiger charge is 2.25. The average Bonchev–Trinajstić information content (AvgIpc) is 3.10. The van der Waals surface area contributed by atoms with Gasteiger partial charge in [0.1, 0.15) is 10.8 Å². The van der Waals surface area contributed by atoms with Crippen molar-refractivity contribution in [2.45, 2.75) is 19.4 Å². The van der Waals surface area contributed by atoms with Crippen LogP contribution in [0.3, 0.4) is 0 Å². The number of amides is 1. The Morgan fingerprint density at radius 2 is 2.08 bits per heavy atom. The standard InChI is InChI=1S/C18H19N5OS/c24-18(21-12-17-22-14-3-1-2-4-15(14)25-17)13-5-9-23(10-6-13)16-11-19-7-8-20-16/h1-4,7-8,11,13H,5-6,9-10,12H2,(H,21,24). The highest BCUT2D eigenvalue weighted by atomic mass is 32.1. The van der Waals surface area contributed by atoms with Gasteiger partial charge in [0.25, 0.3) is 0 Å². The van der Waals surface area contributed by atoms with Crippen LogP contribution in [0.5, 0.6) is 0 Å². The first-order chi connectivity index (χ1) is 12.3. The van der Waals surface area contributed by atoms with Gasteiger partial charge in [0, 0.05) is 31.4 Å². The molecule has 1 aromatic carbocycles. The number of hydrogen-bond donors (Lipinski definition) is 1. The Labute approximate surface area is 149 Å². The van der Waals surface area contributed by atoms with Gasteiger partial charge in [0.05, 0.1) is 23.0 Å². The van der Waals surface area contributed by atoms with Crippen LogP contribution in [-0.2, 0) is 11.3 Å². The normalized spacial score (nSPS) is 15.4. The molecule has 6 nitrogen and oxygen atoms in total. The molecule has 3 aromatic rings. The summed E-state index contributed by atoms with van der Waals surface area (Å²) in [7, 11) is 0. The number of carbonyl (C=O) groups is 1. The van der Waals surface area contributed by atoms with E-state index >= 15 is 0 Å². The SMILES string of the molecule is O=C(NCc1nc2ccccc2s1)C1CCN(c2cnccn2)CC1. The summed E-state index contributed by atoms with van der Waals surface area (Å²) in [5.41, 5.74) is 0.994. The number of rotatable bonds is 4. The molecule has 1 fully saturated rings. The number of piperidine rings is 1. The van der Waals surface area contributed by atoms with Crippen molar-refractivity contribution >= 4 is 33.3 Å². The van der Waals surface area contributed by atoms with Crippen molar-refractivity contribution in [3.63, 3.8) is 0 Å². The fraction of sp³-hybridized carbons (Fsp3) is 0.333. The highest BCUT2D eigenvalue weighted by Crippen LogP contribution is 2.23. The van der Waals surface area contributed by atoms with Gasteiger partial charge in [-0.15, -0.1) is 11.3 Å². The molecule has 1 aliphatic rings. The van der Waals surface area contributed by atoms with Gasteiger partial charge in [-0.25, -0.2) is 9.97 Å². The average molecular weight is 353 g/mol. The molecule has 3 heterocycles. The van der Waals surface area contributed by atoms with Crippen LogP contribution >= 0.6 is 11.3 Å². The molecule has 0 spiro atoms. The minimum absolute atomic E-state index is 0.0577. The highest BCUT2D eigenvalue weighted by molar-refractivity contribution is 7.18. The molecular weight excluding hydrogens is 334 g/mol. The van der Waals surface area contributed by atoms with Crippen LogP contribution in [0.15, 0.2) is 42.9 Å². The third-order valence-electron chi connectivity index (χ3n) is 4.49. The van der Waals surface area contributed by atoms with Gasteiger partial charge in [-0.05, 0) is 25.0 Å². The van der Waals surface area contributed by atoms with Crippen molar-refractivity contribution in [2.75, 3.05) is 18.0 Å². The Morgan fingerprint density at radius 3 is 2.84 bits per heavy atom. The van der Waals surface area contributed by atoms with Crippen LogP contribution in [0.2, 0.25) is 0 Å². The third kappa shape index (κ3) is 3.61. The van der Waals surface area contributed by atoms with E-state index < -0.39 is 0 Å². The van der Waals surface area contributed by atoms with Crippen LogP contribution in [-0.4, -0.2) is 33.9 Å². The topological polar surface area (TPSA) is 71.0 Å². The number of nitrogens with one attached hydrogen (secondary N) is 1. The van der Waals surface area contributed by atoms with E-state index in [1.807, 2.05) is 18.2 Å². The zero-order valence-corrected chi connectivity index (χ0v) is 14.6. The molecule has 1 saturated heterocycles. The lowest BCUT2D eigenvalue weighted by atomic mass is 9.96. The number of aromatic nitrogens is 3. The van der Waals surface area contributed by atoms with Crippen molar-refractivity contribution in [3.8, 4) is 0 Å². The molecule has 4 rings (SSSR count). The molecule has 0 unspecified atom stereocenters. The molecule has 0 radical (unpaired) electrons. The number of carbonyl (C=O) groups excluding carboxylic acids is 1. The molecule has 1 N–H and O–H groups in total. The van der Waals surface area contributed by atoms with Crippen molar-refractivity contribution in [3.05, 3.63) is 47.9 Å². The van der Waals surface area contributed by atoms with E-state index in [4.69, 9.17) is 0 Å². The van der Waals surface area contributed by atoms with Gasteiger partial charge in [0.2, 0.25) is 5.91 Å². The summed E-state index contributed by atoms with van der Waals surface area (Å²) in [6, 6.07) is 8.04. The van der Waals surface area contributed by atoms with E-state index in [0.717, 1.165) is 47.0 Å². The van der Waals surface area contributed by atoms with E-state index in [1.165, 1.54) is 0 Å². The number of anilines is 1. The number of nitrogens with zero attached hydrogens (tertiary/aromatic N) is 4. The van der Waals surface area contributed by atoms with Gasteiger partial charge in [0.15, 0.2) is 0 Å². The Balaban J connectivity index is 1.30. The van der Waals surface area contributed by atoms with E-state index in [2.05, 4.69) is 31.2 Å². The van der Waals surface area contributed by atoms with E-state index in [1.54, 1.807) is 29.9 Å². The maximum atomic E-state index is 12.4. The first-order valence-corrected chi connectivity index (χ1v) is 9.24. The second-order valence-electron chi connectivity index (χ2n) is 6.12. The summed E-state index contributed by atoms with van der Waals surface area (Å²) < 4.78 is 1.16. The second-order valence-corrected chi connectivity index (χ2v) is 7.23. The molecule has 0 saturated carbocycles. The van der Waals surface area contributed by atoms with Gasteiger partial charge in [-0.3, -0.25) is 9.78 Å². The molecule has 1 aliphatic heterocycles. The largest absolute Gasteiger partial charge is 0.355 e. The van der Waals surface area contributed by atoms with Crippen LogP contribution < -0.4 is 10.2 Å². The molecule has 0 aliphatic carbocycles. The van der Waals surface area contributed by atoms with Crippen LogP contribution in [0, 0.1) is 5.92 Å². The first-order valence-electron chi connectivity index (χ1n) is 8.43. The summed E-state index contributed by atoms with van der Waals surface area (Å²) in [5.74, 6) is 1.07. The van der Waals surface area contributed by atoms with Gasteiger partial charge >= 0.3 is 0 Å². The molecule has 0 bridgehead atoms. The lowest BCUT2D eigenvalue weighted by molar-refractivity contribution is -0.125. The second kappa shape index (κ2) is 7.14. The lowest BCUT2D eigenvalue weighted by Gasteiger charge is -2.31. The number of para-hydroxylation sites is 1. The van der Waals surface area contributed by atoms with Gasteiger partial charge in [-0.2, -0.15) is 0 Å². The zero-order valence-electron chi connectivity index (χ0n) is 13.8. The Kier molecular flexibility index (Phi) is 4.56. The summed E-state index contributed by atoms with van der Waals surface area (Å²) in [5, 5.41) is 4.00. The minimum atomic E-state index is 0.0577. The van der Waals surface area contributed by atoms with Gasteiger partial charge < -0.3 is 10.2 Å². The van der Waals surface area contributed by atoms with E-state index in [-0.39, 0.29) is 11.8 Å². The molecule has 7 heteroatoms. The summed E-state index contributed by atoms with van der Waals surface area (Å²) in [6.07, 6.45) is 6.82. The third-order valence-corrected chi connectivity index (χ3v) is 5.53. The summed E-state index contributed by atoms with van der Waals surface area (Å²) >= 11 is 1.63. The fourth-order valence-corrected chi connectivity index (χ4v) is 4.03. The fourth-order valence-electron chi connectivity index (χ4n) is 3.13. The quantitative estimate of drug-likeness (QED) is 0.781. The molecule has 1 amide bonds. The van der Waals surface area contributed by atoms with Crippen LogP contribution in [0.4, 0.5) is 5.82 Å². The number of fused-ring (bicyclic) bond motifs is 1. The monoisotopic (exact) mass is 353 g/mol. The Morgan fingerprint density at radius 1 is 1.24 bits per heavy atom. The number of thiazole rings is 1. The molecule has 2 aromatic heterocycles. The van der Waals surface area contributed by atoms with Crippen molar-refractivity contribution in [1.29, 1.82) is 0 Å². The summed E-state index contributed by atoms with van der Waals surface area (Å²) in [4.78, 5) is 27.6. The zero-order chi connectivity index (χ0) is 17.1. The number of hydrogen-bond acceptors (Lipinski definition) is 6. The first kappa shape index (κ1) is 16.0. The lowest BCUT2D eigenvalue weighted by Crippen LogP contribution is -2.40. The van der Waals surface area contributed by atoms with Crippen molar-refractivity contribution in [1.82, 2.24) is 20.3 Å². The van der Waals surface area contributed by atoms with Gasteiger partial charge in [-0.1, -0.05) is 12.1 Å². The summed E-state index contributed by atoms with van der Waals surface area (Å²) in [6.45, 7) is 2.17. The Bertz CT molecular complexity index is 825. The maximum Gasteiger partial charge on any atom is 0.223 e. The molecule has 0 atom stereocenters. The predicted molar refractivity (Wildman–Crippen MR) is 98.4 cm³/mol. The smallest absolute Gasteiger partial charge is 0.223 e. The van der Waals surface area contributed by atoms with E-state index in [0.29, 0.717) is 6.54 Å². The predicted octanol–water partition coefficient (Wildman–Crippen LogP) is 2.62. The molecular formula is C18H19N5OS. The van der Waals surface area contributed by atoms with Crippen LogP contribution in [0.25, 0.3) is 10.2 Å². The molecule has 25 heavy (non-hydrogen) atoms. The van der Waals surface area contributed by atoms with Crippen molar-refractivity contribution < 1.29 is 4.79 Å². The Hall–Kier alpha value is -2.54. The minimum Gasteiger partial charge on any atom is -0.355 e. The van der Waals surface area contributed by atoms with Crippen LogP contribution in [0.1, 0.15) is 17.8 Å². The molecule has 128 valence electrons.